The van der Waals surface area contributed by atoms with Gasteiger partial charge < -0.3 is 4.67 Å². The van der Waals surface area contributed by atoms with Gasteiger partial charge in [-0.2, -0.15) is 0 Å². The third-order valence-electron chi connectivity index (χ3n) is 5.42. The Morgan fingerprint density at radius 2 is 1.78 bits per heavy atom. The molecule has 0 aliphatic carbocycles. The van der Waals surface area contributed by atoms with Crippen LogP contribution in [0.25, 0.3) is 0 Å². The van der Waals surface area contributed by atoms with E-state index in [1.165, 1.54) is 44.1 Å². The van der Waals surface area contributed by atoms with Crippen molar-refractivity contribution in [2.24, 2.45) is 11.8 Å². The molecule has 2 N–H and O–H groups in total. The van der Waals surface area contributed by atoms with Crippen molar-refractivity contribution in [1.82, 2.24) is 15.0 Å². The molecule has 0 bridgehead atoms. The van der Waals surface area contributed by atoms with Crippen LogP contribution >= 0.6 is 8.07 Å². The number of hydrogen-bond donors (Lipinski definition) is 1. The lowest BCUT2D eigenvalue weighted by molar-refractivity contribution is 0.290. The van der Waals surface area contributed by atoms with Crippen molar-refractivity contribution < 1.29 is 0 Å². The van der Waals surface area contributed by atoms with Gasteiger partial charge in [0.1, 0.15) is 0 Å². The third-order valence-corrected chi connectivity index (χ3v) is 7.96. The zero-order valence-corrected chi connectivity index (χ0v) is 18.8. The van der Waals surface area contributed by atoms with Crippen molar-refractivity contribution >= 4 is 14.0 Å². The van der Waals surface area contributed by atoms with E-state index in [-0.39, 0.29) is 8.07 Å². The molecule has 1 aromatic heterocycles. The molecule has 2 rings (SSSR count). The van der Waals surface area contributed by atoms with Crippen molar-refractivity contribution in [2.75, 3.05) is 23.7 Å². The fraction of sp³-hybridized carbons (Fsp3) is 0.810. The summed E-state index contributed by atoms with van der Waals surface area (Å²) in [5.74, 6) is 7.87. The van der Waals surface area contributed by atoms with Crippen LogP contribution in [0.3, 0.4) is 0 Å². The van der Waals surface area contributed by atoms with Crippen LogP contribution < -0.4 is 10.5 Å². The average molecular weight is 394 g/mol. The number of unbranched alkanes of at least 4 members (excludes halogenated alkanes) is 4. The second kappa shape index (κ2) is 11.9. The maximum atomic E-state index is 6.13. The highest BCUT2D eigenvalue weighted by Gasteiger charge is 2.33. The topological polar surface area (TPSA) is 58.3 Å². The largest absolute Gasteiger partial charge is 0.314 e. The van der Waals surface area contributed by atoms with Gasteiger partial charge in [-0.1, -0.05) is 59.8 Å². The summed E-state index contributed by atoms with van der Waals surface area (Å²) in [6, 6.07) is 0.423. The van der Waals surface area contributed by atoms with Crippen molar-refractivity contribution in [3.63, 3.8) is 0 Å². The number of anilines is 1. The van der Waals surface area contributed by atoms with Crippen LogP contribution in [0.4, 0.5) is 5.95 Å². The van der Waals surface area contributed by atoms with Crippen LogP contribution in [-0.4, -0.2) is 40.0 Å². The lowest BCUT2D eigenvalue weighted by atomic mass is 10.0. The maximum Gasteiger partial charge on any atom is 0.228 e. The SMILES string of the molecule is CCC1CN(N)CP(CC)N1c1ncc(CCCCCCCC(C)C)cn1. The summed E-state index contributed by atoms with van der Waals surface area (Å²) in [5.41, 5.74) is 1.27. The number of nitrogens with two attached hydrogens (primary N) is 1. The van der Waals surface area contributed by atoms with Gasteiger partial charge in [-0.15, -0.1) is 0 Å². The van der Waals surface area contributed by atoms with Gasteiger partial charge in [0.2, 0.25) is 5.95 Å². The highest BCUT2D eigenvalue weighted by atomic mass is 31.1. The predicted molar refractivity (Wildman–Crippen MR) is 118 cm³/mol. The summed E-state index contributed by atoms with van der Waals surface area (Å²) < 4.78 is 2.47. The summed E-state index contributed by atoms with van der Waals surface area (Å²) >= 11 is 0. The summed E-state index contributed by atoms with van der Waals surface area (Å²) in [7, 11) is -0.319. The van der Waals surface area contributed by atoms with Crippen LogP contribution in [0, 0.1) is 5.92 Å². The van der Waals surface area contributed by atoms with Crippen LogP contribution in [0.5, 0.6) is 0 Å². The zero-order valence-electron chi connectivity index (χ0n) is 17.9. The molecule has 2 atom stereocenters. The molecule has 2 unspecified atom stereocenters. The Morgan fingerprint density at radius 1 is 1.11 bits per heavy atom. The number of aromatic nitrogens is 2. The molecule has 5 nitrogen and oxygen atoms in total. The van der Waals surface area contributed by atoms with Crippen molar-refractivity contribution in [1.29, 1.82) is 0 Å². The van der Waals surface area contributed by atoms with Gasteiger partial charge in [-0.3, -0.25) is 5.84 Å². The van der Waals surface area contributed by atoms with Crippen molar-refractivity contribution in [3.05, 3.63) is 18.0 Å². The molecule has 0 aromatic carbocycles. The third kappa shape index (κ3) is 7.29. The molecule has 1 saturated heterocycles. The summed E-state index contributed by atoms with van der Waals surface area (Å²) in [6.07, 6.45) is 16.4. The lowest BCUT2D eigenvalue weighted by Gasteiger charge is -2.45. The van der Waals surface area contributed by atoms with Gasteiger partial charge in [0, 0.05) is 33.1 Å². The molecule has 0 radical (unpaired) electrons. The van der Waals surface area contributed by atoms with E-state index in [0.717, 1.165) is 43.7 Å². The van der Waals surface area contributed by atoms with Crippen LogP contribution in [0.1, 0.15) is 78.2 Å². The van der Waals surface area contributed by atoms with E-state index in [2.05, 4.69) is 32.4 Å². The van der Waals surface area contributed by atoms with E-state index >= 15 is 0 Å². The van der Waals surface area contributed by atoms with Gasteiger partial charge in [-0.05, 0) is 36.9 Å². The Bertz CT molecular complexity index is 508. The molecule has 27 heavy (non-hydrogen) atoms. The number of nitrogens with zero attached hydrogens (tertiary/aromatic N) is 4. The van der Waals surface area contributed by atoms with Crippen molar-refractivity contribution in [2.45, 2.75) is 85.1 Å². The molecular formula is C21H40N5P. The van der Waals surface area contributed by atoms with Gasteiger partial charge in [0.05, 0.1) is 6.29 Å². The lowest BCUT2D eigenvalue weighted by Crippen LogP contribution is -2.51. The molecule has 2 heterocycles. The Kier molecular flexibility index (Phi) is 9.95. The Balaban J connectivity index is 1.81. The molecule has 1 aromatic rings. The van der Waals surface area contributed by atoms with E-state index < -0.39 is 0 Å². The molecule has 1 aliphatic heterocycles. The first kappa shape index (κ1) is 22.5. The minimum absolute atomic E-state index is 0.319. The minimum Gasteiger partial charge on any atom is -0.314 e. The van der Waals surface area contributed by atoms with Crippen LogP contribution in [0.15, 0.2) is 12.4 Å². The molecule has 154 valence electrons. The summed E-state index contributed by atoms with van der Waals surface area (Å²) in [5, 5.41) is 1.98. The second-order valence-electron chi connectivity index (χ2n) is 8.23. The van der Waals surface area contributed by atoms with Crippen LogP contribution in [-0.2, 0) is 6.42 Å². The molecular weight excluding hydrogens is 353 g/mol. The second-order valence-corrected chi connectivity index (χ2v) is 10.6. The molecule has 0 spiro atoms. The van der Waals surface area contributed by atoms with E-state index in [0.29, 0.717) is 6.04 Å². The first-order valence-electron chi connectivity index (χ1n) is 10.9. The average Bonchev–Trinajstić information content (AvgIpc) is 2.66. The molecule has 6 heteroatoms. The Labute approximate surface area is 167 Å². The normalized spacial score (nSPS) is 21.2. The fourth-order valence-corrected chi connectivity index (χ4v) is 6.00. The highest BCUT2D eigenvalue weighted by Crippen LogP contribution is 2.46. The van der Waals surface area contributed by atoms with Gasteiger partial charge in [-0.25, -0.2) is 15.0 Å². The zero-order chi connectivity index (χ0) is 19.6. The smallest absolute Gasteiger partial charge is 0.228 e. The van der Waals surface area contributed by atoms with Crippen molar-refractivity contribution in [3.8, 4) is 0 Å². The fourth-order valence-electron chi connectivity index (χ4n) is 3.77. The number of hydrogen-bond acceptors (Lipinski definition) is 5. The van der Waals surface area contributed by atoms with Gasteiger partial charge in [0.15, 0.2) is 0 Å². The van der Waals surface area contributed by atoms with E-state index in [1.807, 2.05) is 17.4 Å². The molecule has 0 amide bonds. The minimum atomic E-state index is -0.319. The number of rotatable bonds is 11. The van der Waals surface area contributed by atoms with E-state index in [4.69, 9.17) is 15.8 Å². The predicted octanol–water partition coefficient (Wildman–Crippen LogP) is 5.16. The molecule has 1 fully saturated rings. The Morgan fingerprint density at radius 3 is 2.41 bits per heavy atom. The first-order valence-corrected chi connectivity index (χ1v) is 12.6. The van der Waals surface area contributed by atoms with Gasteiger partial charge in [0.25, 0.3) is 0 Å². The number of hydrazine groups is 1. The standard InChI is InChI=1S/C21H40N5P/c1-5-20-16-25(22)17-27(6-2)26(20)21-23-14-19(15-24-21)13-11-9-7-8-10-12-18(3)4/h14-15,18,20H,5-13,16-17,22H2,1-4H3. The molecule has 0 saturated carbocycles. The summed E-state index contributed by atoms with van der Waals surface area (Å²) in [6.45, 7) is 10.0. The monoisotopic (exact) mass is 393 g/mol. The van der Waals surface area contributed by atoms with Gasteiger partial charge >= 0.3 is 0 Å². The number of aryl methyl sites for hydroxylation is 1. The highest BCUT2D eigenvalue weighted by molar-refractivity contribution is 7.59. The summed E-state index contributed by atoms with van der Waals surface area (Å²) in [4.78, 5) is 9.49. The quantitative estimate of drug-likeness (QED) is 0.319. The Hall–Kier alpha value is -0.770. The van der Waals surface area contributed by atoms with E-state index in [1.54, 1.807) is 0 Å². The first-order chi connectivity index (χ1) is 13.0. The molecule has 1 aliphatic rings. The van der Waals surface area contributed by atoms with E-state index in [9.17, 15) is 0 Å². The maximum absolute atomic E-state index is 6.13. The van der Waals surface area contributed by atoms with Crippen LogP contribution in [0.2, 0.25) is 0 Å².